The highest BCUT2D eigenvalue weighted by Crippen LogP contribution is 2.25. The lowest BCUT2D eigenvalue weighted by Crippen LogP contribution is -2.17. The molecule has 0 bridgehead atoms. The van der Waals surface area contributed by atoms with Crippen molar-refractivity contribution < 1.29 is 22.7 Å². The predicted octanol–water partition coefficient (Wildman–Crippen LogP) is 4.88. The molecule has 1 aromatic heterocycles. The number of hydrogen-bond donors (Lipinski definition) is 1. The van der Waals surface area contributed by atoms with E-state index in [9.17, 15) is 18.0 Å². The minimum Gasteiger partial charge on any atom is -0.406 e. The molecule has 154 valence electrons. The lowest BCUT2D eigenvalue weighted by molar-refractivity contribution is -0.274. The molecule has 13 heteroatoms. The Morgan fingerprint density at radius 2 is 2.00 bits per heavy atom. The van der Waals surface area contributed by atoms with E-state index < -0.39 is 12.3 Å². The SMILES string of the molecule is [N-]=[N+]=NC(=O)c1ccc(NCc2ncn(-c3ccc(OC(F)(F)F)cc3)n2)c(Cl)c1. The van der Waals surface area contributed by atoms with Crippen LogP contribution in [0.25, 0.3) is 16.1 Å². The number of benzene rings is 2. The smallest absolute Gasteiger partial charge is 0.406 e. The summed E-state index contributed by atoms with van der Waals surface area (Å²) in [4.78, 5) is 18.1. The van der Waals surface area contributed by atoms with Crippen molar-refractivity contribution in [3.63, 3.8) is 0 Å². The molecule has 0 aliphatic rings. The third kappa shape index (κ3) is 5.40. The molecule has 0 atom stereocenters. The van der Waals surface area contributed by atoms with Gasteiger partial charge in [0.2, 0.25) is 5.91 Å². The van der Waals surface area contributed by atoms with Crippen molar-refractivity contribution in [2.45, 2.75) is 12.9 Å². The van der Waals surface area contributed by atoms with Crippen LogP contribution < -0.4 is 10.1 Å². The maximum atomic E-state index is 12.2. The highest BCUT2D eigenvalue weighted by molar-refractivity contribution is 6.33. The fourth-order valence-corrected chi connectivity index (χ4v) is 2.61. The van der Waals surface area contributed by atoms with Crippen LogP contribution in [0.3, 0.4) is 0 Å². The summed E-state index contributed by atoms with van der Waals surface area (Å²) in [7, 11) is 0. The zero-order valence-electron chi connectivity index (χ0n) is 14.8. The van der Waals surface area contributed by atoms with E-state index in [1.807, 2.05) is 0 Å². The van der Waals surface area contributed by atoms with E-state index in [1.165, 1.54) is 47.4 Å². The summed E-state index contributed by atoms with van der Waals surface area (Å²) in [6.07, 6.45) is -3.36. The van der Waals surface area contributed by atoms with Gasteiger partial charge in [-0.3, -0.25) is 4.79 Å². The minimum absolute atomic E-state index is 0.142. The maximum absolute atomic E-state index is 12.2. The molecule has 0 saturated carbocycles. The maximum Gasteiger partial charge on any atom is 0.573 e. The Balaban J connectivity index is 1.65. The number of rotatable bonds is 6. The summed E-state index contributed by atoms with van der Waals surface area (Å²) < 4.78 is 41.9. The molecule has 0 saturated heterocycles. The molecule has 0 unspecified atom stereocenters. The minimum atomic E-state index is -4.76. The van der Waals surface area contributed by atoms with Crippen LogP contribution in [0.4, 0.5) is 18.9 Å². The molecular formula is C17H11ClF3N7O2. The first-order chi connectivity index (χ1) is 14.2. The van der Waals surface area contributed by atoms with Crippen molar-refractivity contribution in [1.29, 1.82) is 0 Å². The Hall–Kier alpha value is -3.76. The van der Waals surface area contributed by atoms with Crippen LogP contribution in [0.15, 0.2) is 53.9 Å². The number of carbonyl (C=O) groups is 1. The van der Waals surface area contributed by atoms with Crippen LogP contribution in [-0.2, 0) is 6.54 Å². The quantitative estimate of drug-likeness (QED) is 0.335. The Morgan fingerprint density at radius 1 is 1.27 bits per heavy atom. The lowest BCUT2D eigenvalue weighted by atomic mass is 10.2. The molecule has 1 N–H and O–H groups in total. The van der Waals surface area contributed by atoms with Gasteiger partial charge in [-0.2, -0.15) is 0 Å². The van der Waals surface area contributed by atoms with E-state index in [2.05, 4.69) is 30.2 Å². The topological polar surface area (TPSA) is 118 Å². The fourth-order valence-electron chi connectivity index (χ4n) is 2.37. The van der Waals surface area contributed by atoms with Gasteiger partial charge in [-0.05, 0) is 53.1 Å². The molecule has 2 aromatic carbocycles. The fraction of sp³-hybridized carbons (Fsp3) is 0.118. The van der Waals surface area contributed by atoms with Gasteiger partial charge < -0.3 is 10.1 Å². The molecule has 30 heavy (non-hydrogen) atoms. The molecule has 1 heterocycles. The van der Waals surface area contributed by atoms with Crippen LogP contribution in [0, 0.1) is 0 Å². The van der Waals surface area contributed by atoms with Gasteiger partial charge in [0.1, 0.15) is 12.1 Å². The summed E-state index contributed by atoms with van der Waals surface area (Å²) in [5.41, 5.74) is 9.43. The summed E-state index contributed by atoms with van der Waals surface area (Å²) in [6, 6.07) is 9.49. The molecule has 3 aromatic rings. The van der Waals surface area contributed by atoms with Gasteiger partial charge in [0.25, 0.3) is 0 Å². The van der Waals surface area contributed by atoms with Crippen molar-refractivity contribution >= 4 is 23.2 Å². The van der Waals surface area contributed by atoms with Gasteiger partial charge in [0.15, 0.2) is 5.82 Å². The zero-order chi connectivity index (χ0) is 21.7. The highest BCUT2D eigenvalue weighted by Gasteiger charge is 2.31. The van der Waals surface area contributed by atoms with E-state index in [1.54, 1.807) is 6.07 Å². The standard InChI is InChI=1S/C17H11ClF3N7O2/c18-13-7-10(16(29)25-27-22)1-6-14(13)23-8-15-24-9-28(26-15)11-2-4-12(5-3-11)30-17(19,20)21/h1-7,9,23H,8H2. The molecular weight excluding hydrogens is 427 g/mol. The van der Waals surface area contributed by atoms with Gasteiger partial charge in [0.05, 0.1) is 22.9 Å². The molecule has 9 nitrogen and oxygen atoms in total. The largest absolute Gasteiger partial charge is 0.573 e. The Kier molecular flexibility index (Phi) is 6.09. The molecule has 0 aliphatic heterocycles. The van der Waals surface area contributed by atoms with Crippen molar-refractivity contribution in [1.82, 2.24) is 14.8 Å². The van der Waals surface area contributed by atoms with E-state index in [0.29, 0.717) is 17.2 Å². The first kappa shape index (κ1) is 21.0. The lowest BCUT2D eigenvalue weighted by Gasteiger charge is -2.09. The second-order valence-electron chi connectivity index (χ2n) is 5.69. The summed E-state index contributed by atoms with van der Waals surface area (Å²) in [5.74, 6) is -0.709. The molecule has 1 amide bonds. The first-order valence-electron chi connectivity index (χ1n) is 8.15. The van der Waals surface area contributed by atoms with Crippen LogP contribution in [0.5, 0.6) is 5.75 Å². The van der Waals surface area contributed by atoms with E-state index in [-0.39, 0.29) is 22.9 Å². The Morgan fingerprint density at radius 3 is 2.63 bits per heavy atom. The summed E-state index contributed by atoms with van der Waals surface area (Å²) in [6.45, 7) is 0.186. The van der Waals surface area contributed by atoms with Crippen molar-refractivity contribution in [3.05, 3.63) is 75.6 Å². The average Bonchev–Trinajstić information content (AvgIpc) is 3.15. The number of nitrogens with one attached hydrogen (secondary N) is 1. The summed E-state index contributed by atoms with van der Waals surface area (Å²) in [5, 5.41) is 10.4. The number of anilines is 1. The zero-order valence-corrected chi connectivity index (χ0v) is 15.6. The number of hydrogen-bond acceptors (Lipinski definition) is 5. The first-order valence-corrected chi connectivity index (χ1v) is 8.52. The second kappa shape index (κ2) is 8.72. The monoisotopic (exact) mass is 437 g/mol. The second-order valence-corrected chi connectivity index (χ2v) is 6.10. The number of aromatic nitrogens is 3. The van der Waals surface area contributed by atoms with Crippen molar-refractivity contribution in [2.75, 3.05) is 5.32 Å². The van der Waals surface area contributed by atoms with Gasteiger partial charge in [-0.15, -0.1) is 18.3 Å². The molecule has 0 radical (unpaired) electrons. The van der Waals surface area contributed by atoms with Gasteiger partial charge in [-0.25, -0.2) is 9.67 Å². The number of nitrogens with zero attached hydrogens (tertiary/aromatic N) is 6. The number of amides is 1. The molecule has 0 fully saturated rings. The van der Waals surface area contributed by atoms with Crippen LogP contribution >= 0.6 is 11.6 Å². The number of ether oxygens (including phenoxy) is 1. The number of carbonyl (C=O) groups excluding carboxylic acids is 1. The van der Waals surface area contributed by atoms with Crippen molar-refractivity contribution in [3.8, 4) is 11.4 Å². The Labute approximate surface area is 171 Å². The highest BCUT2D eigenvalue weighted by atomic mass is 35.5. The van der Waals surface area contributed by atoms with Gasteiger partial charge in [-0.1, -0.05) is 11.6 Å². The van der Waals surface area contributed by atoms with Gasteiger partial charge >= 0.3 is 6.36 Å². The van der Waals surface area contributed by atoms with Crippen molar-refractivity contribution in [2.24, 2.45) is 5.11 Å². The molecule has 0 spiro atoms. The Bertz CT molecular complexity index is 1110. The van der Waals surface area contributed by atoms with E-state index in [4.69, 9.17) is 17.1 Å². The van der Waals surface area contributed by atoms with Crippen LogP contribution in [0.2, 0.25) is 5.02 Å². The number of alkyl halides is 3. The molecule has 3 rings (SSSR count). The van der Waals surface area contributed by atoms with Gasteiger partial charge in [0, 0.05) is 10.5 Å². The number of azide groups is 1. The third-order valence-corrected chi connectivity index (χ3v) is 3.98. The average molecular weight is 438 g/mol. The van der Waals surface area contributed by atoms with E-state index in [0.717, 1.165) is 0 Å². The predicted molar refractivity (Wildman–Crippen MR) is 100 cm³/mol. The van der Waals surface area contributed by atoms with E-state index >= 15 is 0 Å². The summed E-state index contributed by atoms with van der Waals surface area (Å²) >= 11 is 6.11. The normalized spacial score (nSPS) is 10.9. The van der Waals surface area contributed by atoms with Crippen LogP contribution in [0.1, 0.15) is 16.2 Å². The molecule has 0 aliphatic carbocycles. The third-order valence-electron chi connectivity index (χ3n) is 3.66. The number of halogens is 4. The van der Waals surface area contributed by atoms with Crippen LogP contribution in [-0.4, -0.2) is 27.0 Å².